The molecule has 1 aromatic rings. The van der Waals surface area contributed by atoms with Crippen LogP contribution in [-0.4, -0.2) is 22.6 Å². The Hall–Kier alpha value is -1.54. The van der Waals surface area contributed by atoms with Crippen molar-refractivity contribution in [2.24, 2.45) is 0 Å². The van der Waals surface area contributed by atoms with Crippen molar-refractivity contribution >= 4 is 27.7 Å². The van der Waals surface area contributed by atoms with Crippen molar-refractivity contribution in [3.63, 3.8) is 0 Å². The molecule has 5 heteroatoms. The SMILES string of the molecule is CC#CCCNc1ncc(C(=O)O)cc1Br. The predicted molar refractivity (Wildman–Crippen MR) is 65.5 cm³/mol. The third-order valence-electron chi connectivity index (χ3n) is 1.81. The van der Waals surface area contributed by atoms with Crippen molar-refractivity contribution in [1.82, 2.24) is 4.98 Å². The third kappa shape index (κ3) is 3.55. The van der Waals surface area contributed by atoms with Crippen LogP contribution in [0.4, 0.5) is 5.82 Å². The molecule has 1 heterocycles. The molecule has 16 heavy (non-hydrogen) atoms. The van der Waals surface area contributed by atoms with Crippen LogP contribution in [0.25, 0.3) is 0 Å². The molecule has 0 fully saturated rings. The number of carbonyl (C=O) groups is 1. The molecular weight excluding hydrogens is 272 g/mol. The molecule has 0 bridgehead atoms. The minimum absolute atomic E-state index is 0.158. The number of carboxylic acids is 1. The largest absolute Gasteiger partial charge is 0.478 e. The van der Waals surface area contributed by atoms with Gasteiger partial charge in [-0.15, -0.1) is 11.8 Å². The Bertz CT molecular complexity index is 449. The van der Waals surface area contributed by atoms with Crippen LogP contribution in [0.3, 0.4) is 0 Å². The van der Waals surface area contributed by atoms with Crippen LogP contribution in [0, 0.1) is 11.8 Å². The Labute approximate surface area is 102 Å². The Morgan fingerprint density at radius 2 is 2.44 bits per heavy atom. The van der Waals surface area contributed by atoms with E-state index in [1.807, 2.05) is 0 Å². The van der Waals surface area contributed by atoms with Crippen LogP contribution in [0.2, 0.25) is 0 Å². The number of aromatic nitrogens is 1. The van der Waals surface area contributed by atoms with Gasteiger partial charge in [0.1, 0.15) is 5.82 Å². The summed E-state index contributed by atoms with van der Waals surface area (Å²) in [6.45, 7) is 2.47. The highest BCUT2D eigenvalue weighted by Crippen LogP contribution is 2.20. The minimum atomic E-state index is -0.989. The lowest BCUT2D eigenvalue weighted by atomic mass is 10.3. The number of nitrogens with zero attached hydrogens (tertiary/aromatic N) is 1. The molecule has 0 spiro atoms. The first-order chi connectivity index (χ1) is 7.65. The molecule has 4 nitrogen and oxygen atoms in total. The van der Waals surface area contributed by atoms with E-state index in [0.29, 0.717) is 16.8 Å². The van der Waals surface area contributed by atoms with Gasteiger partial charge >= 0.3 is 5.97 Å². The molecule has 0 atom stereocenters. The first-order valence-electron chi connectivity index (χ1n) is 4.67. The van der Waals surface area contributed by atoms with Crippen molar-refractivity contribution in [2.75, 3.05) is 11.9 Å². The third-order valence-corrected chi connectivity index (χ3v) is 2.41. The fourth-order valence-corrected chi connectivity index (χ4v) is 1.54. The number of pyridine rings is 1. The lowest BCUT2D eigenvalue weighted by Gasteiger charge is -2.06. The van der Waals surface area contributed by atoms with E-state index in [-0.39, 0.29) is 5.56 Å². The average molecular weight is 283 g/mol. The molecule has 0 aliphatic carbocycles. The number of aromatic carboxylic acids is 1. The zero-order chi connectivity index (χ0) is 12.0. The summed E-state index contributed by atoms with van der Waals surface area (Å²) in [5, 5.41) is 11.8. The first kappa shape index (κ1) is 12.5. The van der Waals surface area contributed by atoms with Crippen LogP contribution in [0.1, 0.15) is 23.7 Å². The molecule has 0 unspecified atom stereocenters. The maximum absolute atomic E-state index is 10.7. The van der Waals surface area contributed by atoms with E-state index in [9.17, 15) is 4.79 Å². The van der Waals surface area contributed by atoms with Crippen molar-refractivity contribution < 1.29 is 9.90 Å². The Morgan fingerprint density at radius 1 is 1.69 bits per heavy atom. The second kappa shape index (κ2) is 6.13. The second-order valence-corrected chi connectivity index (χ2v) is 3.82. The Morgan fingerprint density at radius 3 is 3.00 bits per heavy atom. The molecule has 0 saturated carbocycles. The number of hydrogen-bond acceptors (Lipinski definition) is 3. The number of rotatable bonds is 4. The Balaban J connectivity index is 2.67. The van der Waals surface area contributed by atoms with E-state index in [2.05, 4.69) is 38.1 Å². The normalized spacial score (nSPS) is 9.12. The van der Waals surface area contributed by atoms with E-state index in [1.165, 1.54) is 12.3 Å². The Kier molecular flexibility index (Phi) is 4.80. The molecule has 1 aromatic heterocycles. The highest BCUT2D eigenvalue weighted by atomic mass is 79.9. The maximum atomic E-state index is 10.7. The van der Waals surface area contributed by atoms with Crippen LogP contribution in [0.5, 0.6) is 0 Å². The van der Waals surface area contributed by atoms with E-state index in [4.69, 9.17) is 5.11 Å². The summed E-state index contributed by atoms with van der Waals surface area (Å²) in [5.41, 5.74) is 0.158. The van der Waals surface area contributed by atoms with E-state index in [0.717, 1.165) is 6.42 Å². The van der Waals surface area contributed by atoms with Gasteiger partial charge in [-0.2, -0.15) is 0 Å². The molecule has 0 radical (unpaired) electrons. The first-order valence-corrected chi connectivity index (χ1v) is 5.46. The van der Waals surface area contributed by atoms with Gasteiger partial charge in [-0.1, -0.05) is 0 Å². The second-order valence-electron chi connectivity index (χ2n) is 2.96. The van der Waals surface area contributed by atoms with E-state index >= 15 is 0 Å². The molecule has 0 amide bonds. The molecule has 1 rings (SSSR count). The van der Waals surface area contributed by atoms with Gasteiger partial charge in [-0.05, 0) is 28.9 Å². The quantitative estimate of drug-likeness (QED) is 0.658. The monoisotopic (exact) mass is 282 g/mol. The maximum Gasteiger partial charge on any atom is 0.337 e. The van der Waals surface area contributed by atoms with Crippen molar-refractivity contribution in [3.8, 4) is 11.8 Å². The van der Waals surface area contributed by atoms with Crippen LogP contribution in [-0.2, 0) is 0 Å². The average Bonchev–Trinajstić information content (AvgIpc) is 2.26. The number of halogens is 1. The zero-order valence-corrected chi connectivity index (χ0v) is 10.3. The molecule has 84 valence electrons. The zero-order valence-electron chi connectivity index (χ0n) is 8.75. The van der Waals surface area contributed by atoms with Crippen molar-refractivity contribution in [3.05, 3.63) is 22.3 Å². The molecule has 0 aliphatic rings. The highest BCUT2D eigenvalue weighted by Gasteiger charge is 2.07. The summed E-state index contributed by atoms with van der Waals surface area (Å²) >= 11 is 3.26. The summed E-state index contributed by atoms with van der Waals surface area (Å²) in [6.07, 6.45) is 2.05. The molecular formula is C11H11BrN2O2. The summed E-state index contributed by atoms with van der Waals surface area (Å²) in [4.78, 5) is 14.7. The van der Waals surface area contributed by atoms with Gasteiger partial charge in [0.2, 0.25) is 0 Å². The fraction of sp³-hybridized carbons (Fsp3) is 0.273. The summed E-state index contributed by atoms with van der Waals surface area (Å²) in [6, 6.07) is 1.52. The van der Waals surface area contributed by atoms with Gasteiger partial charge in [0.15, 0.2) is 0 Å². The molecule has 2 N–H and O–H groups in total. The van der Waals surface area contributed by atoms with E-state index in [1.54, 1.807) is 6.92 Å². The smallest absolute Gasteiger partial charge is 0.337 e. The van der Waals surface area contributed by atoms with Crippen molar-refractivity contribution in [2.45, 2.75) is 13.3 Å². The number of anilines is 1. The van der Waals surface area contributed by atoms with Gasteiger partial charge in [-0.3, -0.25) is 0 Å². The predicted octanol–water partition coefficient (Wildman–Crippen LogP) is 2.37. The lowest BCUT2D eigenvalue weighted by Crippen LogP contribution is -2.05. The summed E-state index contributed by atoms with van der Waals surface area (Å²) in [7, 11) is 0. The standard InChI is InChI=1S/C11H11BrN2O2/c1-2-3-4-5-13-10-9(12)6-8(7-14-10)11(15)16/h6-7H,4-5H2,1H3,(H,13,14)(H,15,16). The van der Waals surface area contributed by atoms with Gasteiger partial charge in [0, 0.05) is 19.2 Å². The fourth-order valence-electron chi connectivity index (χ4n) is 1.05. The number of hydrogen-bond donors (Lipinski definition) is 2. The number of nitrogens with one attached hydrogen (secondary N) is 1. The minimum Gasteiger partial charge on any atom is -0.478 e. The van der Waals surface area contributed by atoms with Crippen LogP contribution >= 0.6 is 15.9 Å². The molecule has 0 aliphatic heterocycles. The topological polar surface area (TPSA) is 62.2 Å². The van der Waals surface area contributed by atoms with E-state index < -0.39 is 5.97 Å². The van der Waals surface area contributed by atoms with Crippen LogP contribution in [0.15, 0.2) is 16.7 Å². The van der Waals surface area contributed by atoms with Gasteiger partial charge in [0.05, 0.1) is 10.0 Å². The van der Waals surface area contributed by atoms with Crippen molar-refractivity contribution in [1.29, 1.82) is 0 Å². The highest BCUT2D eigenvalue weighted by molar-refractivity contribution is 9.10. The van der Waals surface area contributed by atoms with Gasteiger partial charge in [0.25, 0.3) is 0 Å². The summed E-state index contributed by atoms with van der Waals surface area (Å²) in [5.74, 6) is 5.35. The van der Waals surface area contributed by atoms with Gasteiger partial charge in [-0.25, -0.2) is 9.78 Å². The molecule has 0 saturated heterocycles. The number of carboxylic acid groups (broad SMARTS) is 1. The lowest BCUT2D eigenvalue weighted by molar-refractivity contribution is 0.0696. The summed E-state index contributed by atoms with van der Waals surface area (Å²) < 4.78 is 0.636. The van der Waals surface area contributed by atoms with Gasteiger partial charge < -0.3 is 10.4 Å². The molecule has 0 aromatic carbocycles. The van der Waals surface area contributed by atoms with Crippen LogP contribution < -0.4 is 5.32 Å².